The molecule has 0 aromatic heterocycles. The normalized spacial score (nSPS) is 9.65. The summed E-state index contributed by atoms with van der Waals surface area (Å²) in [4.78, 5) is 0. The molecule has 17 heavy (non-hydrogen) atoms. The number of nitrogen functional groups attached to an aromatic ring is 1. The van der Waals surface area contributed by atoms with Crippen molar-refractivity contribution in [3.05, 3.63) is 52.5 Å². The Morgan fingerprint density at radius 3 is 2.71 bits per heavy atom. The fourth-order valence-electron chi connectivity index (χ4n) is 1.36. The third kappa shape index (κ3) is 2.77. The second-order valence-corrected chi connectivity index (χ2v) is 4.29. The number of rotatable bonds is 2. The van der Waals surface area contributed by atoms with Crippen LogP contribution in [0.4, 0.5) is 5.69 Å². The SMILES string of the molecule is N#Cc1cccc(Oc2ccc(N)cc2Br)c1. The molecule has 84 valence electrons. The molecule has 0 aliphatic carbocycles. The summed E-state index contributed by atoms with van der Waals surface area (Å²) in [5.41, 5.74) is 6.86. The molecule has 0 aliphatic rings. The predicted molar refractivity (Wildman–Crippen MR) is 69.8 cm³/mol. The summed E-state index contributed by atoms with van der Waals surface area (Å²) in [5.74, 6) is 1.28. The third-order valence-electron chi connectivity index (χ3n) is 2.15. The van der Waals surface area contributed by atoms with Crippen LogP contribution in [-0.4, -0.2) is 0 Å². The third-order valence-corrected chi connectivity index (χ3v) is 2.77. The van der Waals surface area contributed by atoms with E-state index >= 15 is 0 Å². The van der Waals surface area contributed by atoms with Gasteiger partial charge in [-0.1, -0.05) is 6.07 Å². The first-order chi connectivity index (χ1) is 8.19. The minimum atomic E-state index is 0.564. The maximum Gasteiger partial charge on any atom is 0.141 e. The summed E-state index contributed by atoms with van der Waals surface area (Å²) >= 11 is 3.37. The molecule has 2 rings (SSSR count). The highest BCUT2D eigenvalue weighted by Gasteiger charge is 2.03. The number of hydrogen-bond donors (Lipinski definition) is 1. The van der Waals surface area contributed by atoms with Gasteiger partial charge in [0.2, 0.25) is 0 Å². The van der Waals surface area contributed by atoms with Crippen LogP contribution in [0.5, 0.6) is 11.5 Å². The van der Waals surface area contributed by atoms with Gasteiger partial charge in [0, 0.05) is 5.69 Å². The predicted octanol–water partition coefficient (Wildman–Crippen LogP) is 3.70. The Bertz CT molecular complexity index is 590. The first-order valence-electron chi connectivity index (χ1n) is 4.92. The molecular weight excluding hydrogens is 280 g/mol. The fourth-order valence-corrected chi connectivity index (χ4v) is 1.83. The van der Waals surface area contributed by atoms with Gasteiger partial charge < -0.3 is 10.5 Å². The van der Waals surface area contributed by atoms with Crippen LogP contribution in [0, 0.1) is 11.3 Å². The van der Waals surface area contributed by atoms with E-state index in [0.717, 1.165) is 4.47 Å². The quantitative estimate of drug-likeness (QED) is 0.858. The molecule has 3 nitrogen and oxygen atoms in total. The average molecular weight is 289 g/mol. The summed E-state index contributed by atoms with van der Waals surface area (Å²) in [6.07, 6.45) is 0. The lowest BCUT2D eigenvalue weighted by atomic mass is 10.2. The minimum absolute atomic E-state index is 0.564. The van der Waals surface area contributed by atoms with Gasteiger partial charge in [0.25, 0.3) is 0 Å². The van der Waals surface area contributed by atoms with Gasteiger partial charge >= 0.3 is 0 Å². The number of anilines is 1. The lowest BCUT2D eigenvalue weighted by Gasteiger charge is -2.08. The monoisotopic (exact) mass is 288 g/mol. The average Bonchev–Trinajstić information content (AvgIpc) is 2.33. The highest BCUT2D eigenvalue weighted by Crippen LogP contribution is 2.31. The molecule has 0 bridgehead atoms. The van der Waals surface area contributed by atoms with Crippen LogP contribution in [0.3, 0.4) is 0 Å². The van der Waals surface area contributed by atoms with Gasteiger partial charge in [-0.2, -0.15) is 5.26 Å². The molecule has 0 saturated carbocycles. The van der Waals surface area contributed by atoms with Gasteiger partial charge in [-0.15, -0.1) is 0 Å². The number of nitriles is 1. The Balaban J connectivity index is 2.28. The van der Waals surface area contributed by atoms with Crippen LogP contribution in [0.25, 0.3) is 0 Å². The first kappa shape index (κ1) is 11.5. The van der Waals surface area contributed by atoms with Gasteiger partial charge in [0.1, 0.15) is 11.5 Å². The van der Waals surface area contributed by atoms with Crippen molar-refractivity contribution in [2.75, 3.05) is 5.73 Å². The van der Waals surface area contributed by atoms with E-state index in [1.54, 1.807) is 42.5 Å². The molecule has 2 N–H and O–H groups in total. The maximum absolute atomic E-state index is 8.79. The zero-order valence-corrected chi connectivity index (χ0v) is 10.4. The molecule has 0 unspecified atom stereocenters. The molecule has 0 saturated heterocycles. The van der Waals surface area contributed by atoms with Crippen LogP contribution >= 0.6 is 15.9 Å². The van der Waals surface area contributed by atoms with Crippen molar-refractivity contribution in [2.24, 2.45) is 0 Å². The Labute approximate surface area is 108 Å². The lowest BCUT2D eigenvalue weighted by molar-refractivity contribution is 0.479. The summed E-state index contributed by atoms with van der Waals surface area (Å²) in [6, 6.07) is 14.3. The Morgan fingerprint density at radius 1 is 1.18 bits per heavy atom. The van der Waals surface area contributed by atoms with E-state index in [4.69, 9.17) is 15.7 Å². The standard InChI is InChI=1S/C13H9BrN2O/c14-12-7-10(16)4-5-13(12)17-11-3-1-2-9(6-11)8-15/h1-7H,16H2. The van der Waals surface area contributed by atoms with Crippen LogP contribution in [0.15, 0.2) is 46.9 Å². The van der Waals surface area contributed by atoms with E-state index in [2.05, 4.69) is 22.0 Å². The topological polar surface area (TPSA) is 59.0 Å². The van der Waals surface area contributed by atoms with Crippen LogP contribution < -0.4 is 10.5 Å². The van der Waals surface area contributed by atoms with E-state index < -0.39 is 0 Å². The second kappa shape index (κ2) is 4.89. The van der Waals surface area contributed by atoms with E-state index in [-0.39, 0.29) is 0 Å². The summed E-state index contributed by atoms with van der Waals surface area (Å²) in [6.45, 7) is 0. The molecule has 0 spiro atoms. The van der Waals surface area contributed by atoms with Gasteiger partial charge in [0.05, 0.1) is 16.1 Å². The van der Waals surface area contributed by atoms with Crippen molar-refractivity contribution < 1.29 is 4.74 Å². The Morgan fingerprint density at radius 2 is 2.00 bits per heavy atom. The second-order valence-electron chi connectivity index (χ2n) is 3.43. The van der Waals surface area contributed by atoms with Gasteiger partial charge in [-0.25, -0.2) is 0 Å². The summed E-state index contributed by atoms with van der Waals surface area (Å²) in [5, 5.41) is 8.79. The minimum Gasteiger partial charge on any atom is -0.456 e. The summed E-state index contributed by atoms with van der Waals surface area (Å²) < 4.78 is 6.43. The van der Waals surface area contributed by atoms with Crippen molar-refractivity contribution in [1.82, 2.24) is 0 Å². The smallest absolute Gasteiger partial charge is 0.141 e. The van der Waals surface area contributed by atoms with Crippen molar-refractivity contribution in [3.8, 4) is 17.6 Å². The van der Waals surface area contributed by atoms with Gasteiger partial charge in [-0.05, 0) is 52.3 Å². The molecule has 0 atom stereocenters. The van der Waals surface area contributed by atoms with Crippen molar-refractivity contribution in [3.63, 3.8) is 0 Å². The Hall–Kier alpha value is -1.99. The number of halogens is 1. The fraction of sp³-hybridized carbons (Fsp3) is 0. The molecule has 2 aromatic carbocycles. The maximum atomic E-state index is 8.79. The molecule has 0 fully saturated rings. The van der Waals surface area contributed by atoms with E-state index in [9.17, 15) is 0 Å². The number of hydrogen-bond acceptors (Lipinski definition) is 3. The number of benzene rings is 2. The zero-order valence-electron chi connectivity index (χ0n) is 8.85. The molecule has 0 heterocycles. The van der Waals surface area contributed by atoms with Gasteiger partial charge in [-0.3, -0.25) is 0 Å². The van der Waals surface area contributed by atoms with E-state index in [1.807, 2.05) is 0 Å². The zero-order chi connectivity index (χ0) is 12.3. The first-order valence-corrected chi connectivity index (χ1v) is 5.71. The molecule has 0 aliphatic heterocycles. The van der Waals surface area contributed by atoms with Crippen LogP contribution in [0.1, 0.15) is 5.56 Å². The number of nitrogens with zero attached hydrogens (tertiary/aromatic N) is 1. The highest BCUT2D eigenvalue weighted by atomic mass is 79.9. The largest absolute Gasteiger partial charge is 0.456 e. The van der Waals surface area contributed by atoms with Crippen molar-refractivity contribution in [2.45, 2.75) is 0 Å². The molecular formula is C13H9BrN2O. The molecule has 2 aromatic rings. The van der Waals surface area contributed by atoms with Crippen molar-refractivity contribution >= 4 is 21.6 Å². The molecule has 0 radical (unpaired) electrons. The Kier molecular flexibility index (Phi) is 3.31. The number of ether oxygens (including phenoxy) is 1. The van der Waals surface area contributed by atoms with Crippen molar-refractivity contribution in [1.29, 1.82) is 5.26 Å². The van der Waals surface area contributed by atoms with Crippen LogP contribution in [-0.2, 0) is 0 Å². The highest BCUT2D eigenvalue weighted by molar-refractivity contribution is 9.10. The molecule has 4 heteroatoms. The van der Waals surface area contributed by atoms with Gasteiger partial charge in [0.15, 0.2) is 0 Å². The summed E-state index contributed by atoms with van der Waals surface area (Å²) in [7, 11) is 0. The van der Waals surface area contributed by atoms with Crippen LogP contribution in [0.2, 0.25) is 0 Å². The molecule has 0 amide bonds. The lowest BCUT2D eigenvalue weighted by Crippen LogP contribution is -1.89. The van der Waals surface area contributed by atoms with E-state index in [1.165, 1.54) is 0 Å². The van der Waals surface area contributed by atoms with E-state index in [0.29, 0.717) is 22.7 Å². The number of nitrogens with two attached hydrogens (primary N) is 1.